The summed E-state index contributed by atoms with van der Waals surface area (Å²) in [6, 6.07) is 9.21. The second-order valence-electron chi connectivity index (χ2n) is 6.12. The maximum atomic E-state index is 5.83. The molecule has 3 nitrogen and oxygen atoms in total. The molecule has 2 N–H and O–H groups in total. The molecule has 3 rings (SSSR count). The minimum atomic E-state index is 0.514. The van der Waals surface area contributed by atoms with Crippen LogP contribution in [-0.4, -0.2) is 37.2 Å². The molecule has 2 aliphatic rings. The lowest BCUT2D eigenvalue weighted by molar-refractivity contribution is 0.144. The van der Waals surface area contributed by atoms with Crippen LogP contribution in [0.25, 0.3) is 0 Å². The Labute approximate surface area is 122 Å². The van der Waals surface area contributed by atoms with Gasteiger partial charge in [-0.2, -0.15) is 0 Å². The van der Waals surface area contributed by atoms with Crippen LogP contribution >= 0.6 is 0 Å². The Kier molecular flexibility index (Phi) is 4.58. The van der Waals surface area contributed by atoms with Crippen LogP contribution in [0.2, 0.25) is 0 Å². The monoisotopic (exact) mass is 274 g/mol. The van der Waals surface area contributed by atoms with Crippen LogP contribution in [0.4, 0.5) is 0 Å². The van der Waals surface area contributed by atoms with Crippen LogP contribution in [0.5, 0.6) is 5.75 Å². The molecule has 110 valence electrons. The first-order valence-electron chi connectivity index (χ1n) is 8.04. The number of para-hydroxylation sites is 1. The van der Waals surface area contributed by atoms with Crippen molar-refractivity contribution in [3.63, 3.8) is 0 Å². The Balaban J connectivity index is 1.67. The van der Waals surface area contributed by atoms with Crippen molar-refractivity contribution in [2.24, 2.45) is 5.73 Å². The molecule has 0 aromatic heterocycles. The van der Waals surface area contributed by atoms with E-state index >= 15 is 0 Å². The highest BCUT2D eigenvalue weighted by Gasteiger charge is 2.28. The van der Waals surface area contributed by atoms with Gasteiger partial charge in [-0.3, -0.25) is 4.90 Å². The summed E-state index contributed by atoms with van der Waals surface area (Å²) in [6.45, 7) is 3.70. The van der Waals surface area contributed by atoms with Gasteiger partial charge in [0.25, 0.3) is 0 Å². The SMILES string of the molecule is NCCN(CC1COc2ccccc21)C1CCCCC1. The van der Waals surface area contributed by atoms with Crippen molar-refractivity contribution in [3.05, 3.63) is 29.8 Å². The van der Waals surface area contributed by atoms with Crippen molar-refractivity contribution in [1.29, 1.82) is 0 Å². The molecule has 0 radical (unpaired) electrons. The van der Waals surface area contributed by atoms with Gasteiger partial charge in [-0.1, -0.05) is 37.5 Å². The van der Waals surface area contributed by atoms with E-state index in [1.165, 1.54) is 37.7 Å². The molecule has 1 aliphatic carbocycles. The average Bonchev–Trinajstić information content (AvgIpc) is 2.91. The van der Waals surface area contributed by atoms with E-state index in [4.69, 9.17) is 10.5 Å². The maximum absolute atomic E-state index is 5.83. The Bertz CT molecular complexity index is 429. The van der Waals surface area contributed by atoms with Crippen LogP contribution in [0.15, 0.2) is 24.3 Å². The Morgan fingerprint density at radius 3 is 2.75 bits per heavy atom. The van der Waals surface area contributed by atoms with Crippen molar-refractivity contribution in [3.8, 4) is 5.75 Å². The third kappa shape index (κ3) is 2.99. The fourth-order valence-corrected chi connectivity index (χ4v) is 3.70. The summed E-state index contributed by atoms with van der Waals surface area (Å²) in [4.78, 5) is 2.62. The molecular formula is C17H26N2O. The number of nitrogens with two attached hydrogens (primary N) is 1. The van der Waals surface area contributed by atoms with Gasteiger partial charge in [-0.25, -0.2) is 0 Å². The third-order valence-electron chi connectivity index (χ3n) is 4.76. The Hall–Kier alpha value is -1.06. The van der Waals surface area contributed by atoms with E-state index in [0.717, 1.165) is 38.0 Å². The summed E-state index contributed by atoms with van der Waals surface area (Å²) in [5, 5.41) is 0. The van der Waals surface area contributed by atoms with Crippen LogP contribution in [-0.2, 0) is 0 Å². The number of nitrogens with zero attached hydrogens (tertiary/aromatic N) is 1. The molecule has 1 heterocycles. The second-order valence-corrected chi connectivity index (χ2v) is 6.12. The van der Waals surface area contributed by atoms with E-state index in [0.29, 0.717) is 5.92 Å². The molecule has 1 fully saturated rings. The smallest absolute Gasteiger partial charge is 0.122 e. The topological polar surface area (TPSA) is 38.5 Å². The molecule has 0 spiro atoms. The predicted molar refractivity (Wildman–Crippen MR) is 82.2 cm³/mol. The molecule has 0 saturated heterocycles. The van der Waals surface area contributed by atoms with Gasteiger partial charge in [-0.05, 0) is 18.9 Å². The summed E-state index contributed by atoms with van der Waals surface area (Å²) < 4.78 is 5.82. The van der Waals surface area contributed by atoms with E-state index < -0.39 is 0 Å². The minimum absolute atomic E-state index is 0.514. The van der Waals surface area contributed by atoms with Crippen molar-refractivity contribution < 1.29 is 4.74 Å². The maximum Gasteiger partial charge on any atom is 0.122 e. The molecule has 1 aliphatic heterocycles. The van der Waals surface area contributed by atoms with Crippen LogP contribution < -0.4 is 10.5 Å². The molecular weight excluding hydrogens is 248 g/mol. The third-order valence-corrected chi connectivity index (χ3v) is 4.76. The second kappa shape index (κ2) is 6.59. The van der Waals surface area contributed by atoms with Crippen LogP contribution in [0.3, 0.4) is 0 Å². The van der Waals surface area contributed by atoms with Crippen molar-refractivity contribution in [2.45, 2.75) is 44.1 Å². The zero-order valence-corrected chi connectivity index (χ0v) is 12.3. The minimum Gasteiger partial charge on any atom is -0.493 e. The highest BCUT2D eigenvalue weighted by Crippen LogP contribution is 2.35. The predicted octanol–water partition coefficient (Wildman–Crippen LogP) is 2.76. The summed E-state index contributed by atoms with van der Waals surface area (Å²) in [6.07, 6.45) is 6.85. The lowest BCUT2D eigenvalue weighted by atomic mass is 9.92. The first-order chi connectivity index (χ1) is 9.88. The van der Waals surface area contributed by atoms with Gasteiger partial charge in [0.1, 0.15) is 5.75 Å². The van der Waals surface area contributed by atoms with Crippen LogP contribution in [0.1, 0.15) is 43.6 Å². The molecule has 1 saturated carbocycles. The van der Waals surface area contributed by atoms with Crippen molar-refractivity contribution in [2.75, 3.05) is 26.2 Å². The number of hydrogen-bond donors (Lipinski definition) is 1. The van der Waals surface area contributed by atoms with Crippen molar-refractivity contribution in [1.82, 2.24) is 4.90 Å². The van der Waals surface area contributed by atoms with E-state index in [-0.39, 0.29) is 0 Å². The van der Waals surface area contributed by atoms with Gasteiger partial charge in [0.15, 0.2) is 0 Å². The van der Waals surface area contributed by atoms with E-state index in [9.17, 15) is 0 Å². The molecule has 3 heteroatoms. The fourth-order valence-electron chi connectivity index (χ4n) is 3.70. The normalized spacial score (nSPS) is 22.8. The summed E-state index contributed by atoms with van der Waals surface area (Å²) >= 11 is 0. The summed E-state index contributed by atoms with van der Waals surface area (Å²) in [5.74, 6) is 1.59. The lowest BCUT2D eigenvalue weighted by Gasteiger charge is -2.35. The molecule has 1 aromatic rings. The average molecular weight is 274 g/mol. The van der Waals surface area contributed by atoms with E-state index in [1.54, 1.807) is 0 Å². The van der Waals surface area contributed by atoms with Gasteiger partial charge >= 0.3 is 0 Å². The standard InChI is InChI=1S/C17H26N2O/c18-10-11-19(15-6-2-1-3-7-15)12-14-13-20-17-9-5-4-8-16(14)17/h4-5,8-9,14-15H,1-3,6-7,10-13,18H2. The highest BCUT2D eigenvalue weighted by molar-refractivity contribution is 5.39. The number of fused-ring (bicyclic) bond motifs is 1. The first-order valence-corrected chi connectivity index (χ1v) is 8.04. The molecule has 0 amide bonds. The molecule has 1 aromatic carbocycles. The van der Waals surface area contributed by atoms with Gasteiger partial charge in [-0.15, -0.1) is 0 Å². The molecule has 0 bridgehead atoms. The Morgan fingerprint density at radius 1 is 1.15 bits per heavy atom. The van der Waals surface area contributed by atoms with E-state index in [1.807, 2.05) is 0 Å². The lowest BCUT2D eigenvalue weighted by Crippen LogP contribution is -2.42. The summed E-state index contributed by atoms with van der Waals surface area (Å²) in [5.41, 5.74) is 7.21. The number of rotatable bonds is 5. The molecule has 1 unspecified atom stereocenters. The number of ether oxygens (including phenoxy) is 1. The van der Waals surface area contributed by atoms with Gasteiger partial charge < -0.3 is 10.5 Å². The molecule has 20 heavy (non-hydrogen) atoms. The van der Waals surface area contributed by atoms with Gasteiger partial charge in [0.05, 0.1) is 6.61 Å². The highest BCUT2D eigenvalue weighted by atomic mass is 16.5. The van der Waals surface area contributed by atoms with E-state index in [2.05, 4.69) is 29.2 Å². The quantitative estimate of drug-likeness (QED) is 0.897. The van der Waals surface area contributed by atoms with Gasteiger partial charge in [0.2, 0.25) is 0 Å². The van der Waals surface area contributed by atoms with Crippen molar-refractivity contribution >= 4 is 0 Å². The largest absolute Gasteiger partial charge is 0.493 e. The zero-order chi connectivity index (χ0) is 13.8. The Morgan fingerprint density at radius 2 is 1.95 bits per heavy atom. The molecule has 1 atom stereocenters. The van der Waals surface area contributed by atoms with Gasteiger partial charge in [0, 0.05) is 37.2 Å². The zero-order valence-electron chi connectivity index (χ0n) is 12.3. The summed E-state index contributed by atoms with van der Waals surface area (Å²) in [7, 11) is 0. The first kappa shape index (κ1) is 13.9. The fraction of sp³-hybridized carbons (Fsp3) is 0.647. The number of benzene rings is 1. The number of hydrogen-bond acceptors (Lipinski definition) is 3. The van der Waals surface area contributed by atoms with Crippen LogP contribution in [0, 0.1) is 0 Å².